The van der Waals surface area contributed by atoms with Gasteiger partial charge in [-0.15, -0.1) is 5.10 Å². The molecule has 0 saturated carbocycles. The van der Waals surface area contributed by atoms with Crippen LogP contribution >= 0.6 is 22.6 Å². The van der Waals surface area contributed by atoms with Crippen LogP contribution in [0.4, 0.5) is 4.39 Å². The van der Waals surface area contributed by atoms with E-state index in [1.807, 2.05) is 29.5 Å². The summed E-state index contributed by atoms with van der Waals surface area (Å²) in [6.45, 7) is 2.21. The van der Waals surface area contributed by atoms with Crippen LogP contribution in [0.2, 0.25) is 0 Å². The number of carboxylic acid groups (broad SMARTS) is 1. The SMILES string of the molecule is CC(CC(=O)O)Cn1nnnc1-c1ccc(F)cc1I. The van der Waals surface area contributed by atoms with Gasteiger partial charge >= 0.3 is 5.97 Å². The Morgan fingerprint density at radius 2 is 2.30 bits per heavy atom. The van der Waals surface area contributed by atoms with Gasteiger partial charge in [-0.25, -0.2) is 9.07 Å². The average Bonchev–Trinajstić information content (AvgIpc) is 2.75. The lowest BCUT2D eigenvalue weighted by molar-refractivity contribution is -0.138. The van der Waals surface area contributed by atoms with Crippen molar-refractivity contribution in [2.45, 2.75) is 19.9 Å². The summed E-state index contributed by atoms with van der Waals surface area (Å²) in [5.74, 6) is -0.778. The summed E-state index contributed by atoms with van der Waals surface area (Å²) in [6.07, 6.45) is 0.0415. The Kier molecular flexibility index (Phi) is 4.63. The minimum atomic E-state index is -0.858. The number of aliphatic carboxylic acids is 1. The average molecular weight is 390 g/mol. The molecular formula is C12H12FIN4O2. The van der Waals surface area contributed by atoms with Gasteiger partial charge in [-0.1, -0.05) is 6.92 Å². The van der Waals surface area contributed by atoms with Crippen LogP contribution in [0.15, 0.2) is 18.2 Å². The molecule has 1 aromatic heterocycles. The fourth-order valence-corrected chi connectivity index (χ4v) is 2.57. The second-order valence-corrected chi connectivity index (χ2v) is 5.67. The van der Waals surface area contributed by atoms with E-state index in [0.29, 0.717) is 15.9 Å². The molecule has 2 rings (SSSR count). The fraction of sp³-hybridized carbons (Fsp3) is 0.333. The molecule has 1 N–H and O–H groups in total. The number of aromatic nitrogens is 4. The van der Waals surface area contributed by atoms with Crippen LogP contribution in [0.3, 0.4) is 0 Å². The Labute approximate surface area is 128 Å². The number of carboxylic acids is 1. The molecule has 1 atom stereocenters. The molecule has 2 aromatic rings. The van der Waals surface area contributed by atoms with Crippen molar-refractivity contribution in [1.82, 2.24) is 20.2 Å². The number of nitrogens with zero attached hydrogens (tertiary/aromatic N) is 4. The highest BCUT2D eigenvalue weighted by molar-refractivity contribution is 14.1. The van der Waals surface area contributed by atoms with E-state index in [2.05, 4.69) is 15.5 Å². The molecular weight excluding hydrogens is 378 g/mol. The maximum absolute atomic E-state index is 13.1. The molecule has 8 heteroatoms. The Morgan fingerprint density at radius 3 is 2.95 bits per heavy atom. The van der Waals surface area contributed by atoms with E-state index in [0.717, 1.165) is 5.56 Å². The van der Waals surface area contributed by atoms with Gasteiger partial charge in [0.15, 0.2) is 5.82 Å². The van der Waals surface area contributed by atoms with E-state index in [1.165, 1.54) is 12.1 Å². The van der Waals surface area contributed by atoms with Crippen molar-refractivity contribution in [2.24, 2.45) is 5.92 Å². The minimum Gasteiger partial charge on any atom is -0.481 e. The number of rotatable bonds is 5. The summed E-state index contributed by atoms with van der Waals surface area (Å²) in [5, 5.41) is 20.2. The molecule has 6 nitrogen and oxygen atoms in total. The maximum atomic E-state index is 13.1. The van der Waals surface area contributed by atoms with Crippen LogP contribution in [-0.4, -0.2) is 31.3 Å². The number of halogens is 2. The molecule has 0 aliphatic rings. The number of tetrazole rings is 1. The van der Waals surface area contributed by atoms with Crippen LogP contribution in [-0.2, 0) is 11.3 Å². The third-order valence-corrected chi connectivity index (χ3v) is 3.60. The highest BCUT2D eigenvalue weighted by Crippen LogP contribution is 2.24. The van der Waals surface area contributed by atoms with Gasteiger partial charge in [-0.05, 0) is 57.1 Å². The normalized spacial score (nSPS) is 12.3. The first-order valence-electron chi connectivity index (χ1n) is 5.90. The van der Waals surface area contributed by atoms with Crippen molar-refractivity contribution in [3.63, 3.8) is 0 Å². The highest BCUT2D eigenvalue weighted by atomic mass is 127. The lowest BCUT2D eigenvalue weighted by Crippen LogP contribution is -2.14. The van der Waals surface area contributed by atoms with Gasteiger partial charge in [0, 0.05) is 22.1 Å². The van der Waals surface area contributed by atoms with Crippen molar-refractivity contribution in [3.8, 4) is 11.4 Å². The van der Waals surface area contributed by atoms with Crippen molar-refractivity contribution in [2.75, 3.05) is 0 Å². The molecule has 0 amide bonds. The zero-order chi connectivity index (χ0) is 14.7. The second-order valence-electron chi connectivity index (χ2n) is 4.51. The van der Waals surface area contributed by atoms with Gasteiger partial charge < -0.3 is 5.11 Å². The third-order valence-electron chi connectivity index (χ3n) is 2.71. The molecule has 0 fully saturated rings. The van der Waals surface area contributed by atoms with Crippen molar-refractivity contribution in [1.29, 1.82) is 0 Å². The fourth-order valence-electron chi connectivity index (χ4n) is 1.85. The number of benzene rings is 1. The number of hydrogen-bond acceptors (Lipinski definition) is 4. The van der Waals surface area contributed by atoms with Gasteiger partial charge in [0.1, 0.15) is 5.82 Å². The van der Waals surface area contributed by atoms with Gasteiger partial charge in [-0.2, -0.15) is 0 Å². The monoisotopic (exact) mass is 390 g/mol. The molecule has 0 aliphatic heterocycles. The van der Waals surface area contributed by atoms with E-state index in [1.54, 1.807) is 10.7 Å². The Morgan fingerprint density at radius 1 is 1.55 bits per heavy atom. The molecule has 0 spiro atoms. The van der Waals surface area contributed by atoms with E-state index < -0.39 is 5.97 Å². The summed E-state index contributed by atoms with van der Waals surface area (Å²) in [5.41, 5.74) is 0.722. The predicted octanol–water partition coefficient (Wildman–Crippen LogP) is 2.19. The Hall–Kier alpha value is -1.58. The lowest BCUT2D eigenvalue weighted by atomic mass is 10.1. The van der Waals surface area contributed by atoms with Crippen molar-refractivity contribution in [3.05, 3.63) is 27.6 Å². The van der Waals surface area contributed by atoms with Gasteiger partial charge in [-0.3, -0.25) is 4.79 Å². The largest absolute Gasteiger partial charge is 0.481 e. The first-order chi connectivity index (χ1) is 9.47. The van der Waals surface area contributed by atoms with E-state index >= 15 is 0 Å². The van der Waals surface area contributed by atoms with Crippen LogP contribution < -0.4 is 0 Å². The molecule has 0 saturated heterocycles. The van der Waals surface area contributed by atoms with E-state index in [-0.39, 0.29) is 18.2 Å². The summed E-state index contributed by atoms with van der Waals surface area (Å²) in [6, 6.07) is 4.36. The summed E-state index contributed by atoms with van der Waals surface area (Å²) in [7, 11) is 0. The van der Waals surface area contributed by atoms with E-state index in [4.69, 9.17) is 5.11 Å². The Bertz CT molecular complexity index is 632. The first-order valence-corrected chi connectivity index (χ1v) is 6.98. The molecule has 1 aromatic carbocycles. The van der Waals surface area contributed by atoms with Gasteiger partial charge in [0.25, 0.3) is 0 Å². The third kappa shape index (κ3) is 3.50. The lowest BCUT2D eigenvalue weighted by Gasteiger charge is -2.10. The summed E-state index contributed by atoms with van der Waals surface area (Å²) in [4.78, 5) is 10.7. The molecule has 106 valence electrons. The standard InChI is InChI=1S/C12H12FIN4O2/c1-7(4-11(19)20)6-18-12(15-16-17-18)9-3-2-8(13)5-10(9)14/h2-3,5,7H,4,6H2,1H3,(H,19,20). The van der Waals surface area contributed by atoms with Gasteiger partial charge in [0.2, 0.25) is 0 Å². The molecule has 1 unspecified atom stereocenters. The molecule has 0 aliphatic carbocycles. The molecule has 0 radical (unpaired) electrons. The quantitative estimate of drug-likeness (QED) is 0.792. The second kappa shape index (κ2) is 6.25. The zero-order valence-corrected chi connectivity index (χ0v) is 12.8. The molecule has 0 bridgehead atoms. The van der Waals surface area contributed by atoms with Crippen LogP contribution in [0.1, 0.15) is 13.3 Å². The van der Waals surface area contributed by atoms with Crippen LogP contribution in [0, 0.1) is 15.3 Å². The minimum absolute atomic E-state index is 0.0415. The summed E-state index contributed by atoms with van der Waals surface area (Å²) < 4.78 is 15.4. The molecule has 1 heterocycles. The zero-order valence-electron chi connectivity index (χ0n) is 10.6. The van der Waals surface area contributed by atoms with Crippen LogP contribution in [0.25, 0.3) is 11.4 Å². The van der Waals surface area contributed by atoms with Crippen molar-refractivity contribution >= 4 is 28.6 Å². The Balaban J connectivity index is 2.26. The predicted molar refractivity (Wildman–Crippen MR) is 77.3 cm³/mol. The van der Waals surface area contributed by atoms with Crippen LogP contribution in [0.5, 0.6) is 0 Å². The van der Waals surface area contributed by atoms with Gasteiger partial charge in [0.05, 0.1) is 0 Å². The smallest absolute Gasteiger partial charge is 0.303 e. The molecule has 20 heavy (non-hydrogen) atoms. The highest BCUT2D eigenvalue weighted by Gasteiger charge is 2.16. The van der Waals surface area contributed by atoms with E-state index in [9.17, 15) is 9.18 Å². The topological polar surface area (TPSA) is 80.9 Å². The van der Waals surface area contributed by atoms with Crippen molar-refractivity contribution < 1.29 is 14.3 Å². The summed E-state index contributed by atoms with van der Waals surface area (Å²) >= 11 is 2.01. The maximum Gasteiger partial charge on any atom is 0.303 e. The first kappa shape index (κ1) is 14.8. The number of carbonyl (C=O) groups is 1. The number of hydrogen-bond donors (Lipinski definition) is 1.